The number of allylic oxidation sites excluding steroid dienone is 10. The van der Waals surface area contributed by atoms with Crippen molar-refractivity contribution in [2.24, 2.45) is 0 Å². The zero-order chi connectivity index (χ0) is 47.9. The molecule has 0 N–H and O–H groups in total. The van der Waals surface area contributed by atoms with E-state index in [0.717, 1.165) is 103 Å². The predicted molar refractivity (Wildman–Crippen MR) is 284 cm³/mol. The minimum atomic E-state index is -0.785. The highest BCUT2D eigenvalue weighted by molar-refractivity contribution is 5.71. The molecule has 0 rings (SSSR count). The third kappa shape index (κ3) is 52.1. The van der Waals surface area contributed by atoms with Crippen molar-refractivity contribution in [3.63, 3.8) is 0 Å². The van der Waals surface area contributed by atoms with Gasteiger partial charge >= 0.3 is 17.9 Å². The average Bonchev–Trinajstić information content (AvgIpc) is 3.31. The van der Waals surface area contributed by atoms with Gasteiger partial charge in [0.1, 0.15) is 13.2 Å². The molecule has 0 bridgehead atoms. The molecule has 0 amide bonds. The third-order valence-electron chi connectivity index (χ3n) is 12.3. The lowest BCUT2D eigenvalue weighted by Gasteiger charge is -2.18. The number of carbonyl (C=O) groups excluding carboxylic acids is 3. The van der Waals surface area contributed by atoms with Crippen LogP contribution in [0.1, 0.15) is 284 Å². The number of carbonyl (C=O) groups is 3. The summed E-state index contributed by atoms with van der Waals surface area (Å²) in [4.78, 5) is 38.1. The van der Waals surface area contributed by atoms with Crippen molar-refractivity contribution in [2.75, 3.05) is 13.2 Å². The van der Waals surface area contributed by atoms with Crippen molar-refractivity contribution in [1.82, 2.24) is 0 Å². The molecule has 1 atom stereocenters. The normalized spacial score (nSPS) is 12.5. The van der Waals surface area contributed by atoms with Crippen LogP contribution < -0.4 is 0 Å². The van der Waals surface area contributed by atoms with Gasteiger partial charge in [-0.15, -0.1) is 0 Å². The summed E-state index contributed by atoms with van der Waals surface area (Å²) in [5.74, 6) is -0.902. The van der Waals surface area contributed by atoms with Crippen LogP contribution in [0.2, 0.25) is 0 Å². The lowest BCUT2D eigenvalue weighted by Crippen LogP contribution is -2.30. The largest absolute Gasteiger partial charge is 0.462 e. The molecule has 0 aromatic heterocycles. The third-order valence-corrected chi connectivity index (χ3v) is 12.3. The molecule has 0 saturated heterocycles. The zero-order valence-corrected chi connectivity index (χ0v) is 43.7. The Balaban J connectivity index is 4.39. The average molecular weight is 924 g/mol. The van der Waals surface area contributed by atoms with Gasteiger partial charge in [0, 0.05) is 19.3 Å². The molecule has 1 unspecified atom stereocenters. The van der Waals surface area contributed by atoms with Gasteiger partial charge < -0.3 is 14.2 Å². The van der Waals surface area contributed by atoms with Crippen molar-refractivity contribution in [3.8, 4) is 0 Å². The van der Waals surface area contributed by atoms with Gasteiger partial charge in [0.05, 0.1) is 0 Å². The van der Waals surface area contributed by atoms with E-state index < -0.39 is 6.10 Å². The van der Waals surface area contributed by atoms with E-state index in [4.69, 9.17) is 14.2 Å². The smallest absolute Gasteiger partial charge is 0.306 e. The van der Waals surface area contributed by atoms with E-state index in [0.29, 0.717) is 19.3 Å². The van der Waals surface area contributed by atoms with Crippen molar-refractivity contribution >= 4 is 17.9 Å². The van der Waals surface area contributed by atoms with Crippen molar-refractivity contribution in [2.45, 2.75) is 290 Å². The monoisotopic (exact) mass is 923 g/mol. The molecule has 0 aliphatic rings. The number of esters is 3. The Labute approximate surface area is 409 Å². The Morgan fingerprint density at radius 1 is 0.318 bits per heavy atom. The Morgan fingerprint density at radius 3 is 0.955 bits per heavy atom. The van der Waals surface area contributed by atoms with Gasteiger partial charge in [-0.05, 0) is 83.5 Å². The first-order valence-corrected chi connectivity index (χ1v) is 28.3. The highest BCUT2D eigenvalue weighted by atomic mass is 16.6. The summed E-state index contributed by atoms with van der Waals surface area (Å²) < 4.78 is 16.8. The molecule has 0 heterocycles. The Bertz CT molecular complexity index is 1200. The fraction of sp³-hybridized carbons (Fsp3) is 0.783. The maximum Gasteiger partial charge on any atom is 0.306 e. The van der Waals surface area contributed by atoms with E-state index in [1.807, 2.05) is 0 Å². The molecule has 0 aromatic carbocycles. The summed E-state index contributed by atoms with van der Waals surface area (Å²) in [5.41, 5.74) is 0. The summed E-state index contributed by atoms with van der Waals surface area (Å²) in [7, 11) is 0. The van der Waals surface area contributed by atoms with E-state index in [-0.39, 0.29) is 31.1 Å². The first kappa shape index (κ1) is 63.1. The first-order chi connectivity index (χ1) is 32.5. The molecule has 0 aliphatic heterocycles. The van der Waals surface area contributed by atoms with Crippen LogP contribution in [0.4, 0.5) is 0 Å². The molecule has 6 nitrogen and oxygen atoms in total. The minimum absolute atomic E-state index is 0.0835. The maximum atomic E-state index is 12.8. The van der Waals surface area contributed by atoms with Crippen LogP contribution in [0.25, 0.3) is 0 Å². The topological polar surface area (TPSA) is 78.9 Å². The Hall–Kier alpha value is -2.89. The molecule has 382 valence electrons. The van der Waals surface area contributed by atoms with Gasteiger partial charge in [-0.3, -0.25) is 14.4 Å². The molecule has 0 aromatic rings. The van der Waals surface area contributed by atoms with E-state index >= 15 is 0 Å². The van der Waals surface area contributed by atoms with E-state index in [1.54, 1.807) is 0 Å². The summed E-state index contributed by atoms with van der Waals surface area (Å²) in [6.07, 6.45) is 67.8. The number of hydrogen-bond acceptors (Lipinski definition) is 6. The van der Waals surface area contributed by atoms with E-state index in [2.05, 4.69) is 81.5 Å². The van der Waals surface area contributed by atoms with E-state index in [1.165, 1.54) is 141 Å². The molecule has 0 fully saturated rings. The Kier molecular flexibility index (Phi) is 52.3. The molecule has 0 radical (unpaired) electrons. The highest BCUT2D eigenvalue weighted by Crippen LogP contribution is 2.16. The van der Waals surface area contributed by atoms with Crippen LogP contribution in [0.3, 0.4) is 0 Å². The van der Waals surface area contributed by atoms with E-state index in [9.17, 15) is 14.4 Å². The van der Waals surface area contributed by atoms with Gasteiger partial charge in [-0.1, -0.05) is 242 Å². The highest BCUT2D eigenvalue weighted by Gasteiger charge is 2.19. The lowest BCUT2D eigenvalue weighted by atomic mass is 10.0. The van der Waals surface area contributed by atoms with Crippen LogP contribution in [-0.4, -0.2) is 37.2 Å². The second-order valence-corrected chi connectivity index (χ2v) is 18.8. The first-order valence-electron chi connectivity index (χ1n) is 28.3. The fourth-order valence-corrected chi connectivity index (χ4v) is 8.02. The molecule has 66 heavy (non-hydrogen) atoms. The predicted octanol–water partition coefficient (Wildman–Crippen LogP) is 18.8. The van der Waals surface area contributed by atoms with Crippen LogP contribution >= 0.6 is 0 Å². The molecular weight excluding hydrogens is 817 g/mol. The van der Waals surface area contributed by atoms with Crippen molar-refractivity contribution < 1.29 is 28.6 Å². The van der Waals surface area contributed by atoms with Crippen LogP contribution in [-0.2, 0) is 28.6 Å². The lowest BCUT2D eigenvalue weighted by molar-refractivity contribution is -0.167. The zero-order valence-electron chi connectivity index (χ0n) is 43.7. The summed E-state index contributed by atoms with van der Waals surface area (Å²) in [5, 5.41) is 0. The van der Waals surface area contributed by atoms with Crippen LogP contribution in [0.15, 0.2) is 60.8 Å². The molecule has 0 aliphatic carbocycles. The summed E-state index contributed by atoms with van der Waals surface area (Å²) >= 11 is 0. The standard InChI is InChI=1S/C60H106O6/c1-4-7-10-13-16-19-22-25-28-30-32-35-38-41-44-47-50-53-59(62)65-56-57(55-64-58(61)52-49-46-43-40-37-34-27-24-21-18-15-12-9-6-3)66-60(63)54-51-48-45-42-39-36-33-31-29-26-23-20-17-14-11-8-5-2/h9,12,16,18-19,21,25,27-28,34,57H,4-8,10-11,13-15,17,20,22-24,26,29-33,35-56H2,1-3H3/b12-9-,19-16-,21-18-,28-25-,34-27-. The van der Waals surface area contributed by atoms with Crippen LogP contribution in [0.5, 0.6) is 0 Å². The number of hydrogen-bond donors (Lipinski definition) is 0. The number of ether oxygens (including phenoxy) is 3. The summed E-state index contributed by atoms with van der Waals surface area (Å²) in [6, 6.07) is 0. The summed E-state index contributed by atoms with van der Waals surface area (Å²) in [6.45, 7) is 6.50. The SMILES string of the molecule is CC/C=C\C/C=C\C/C=C\CCCCCCC(=O)OCC(COC(=O)CCCCCCCCC/C=C\C/C=C\CCCCC)OC(=O)CCCCCCCCCCCCCCCCCCC. The van der Waals surface area contributed by atoms with Gasteiger partial charge in [0.2, 0.25) is 0 Å². The van der Waals surface area contributed by atoms with Crippen molar-refractivity contribution in [1.29, 1.82) is 0 Å². The maximum absolute atomic E-state index is 12.8. The van der Waals surface area contributed by atoms with Gasteiger partial charge in [0.25, 0.3) is 0 Å². The van der Waals surface area contributed by atoms with Crippen molar-refractivity contribution in [3.05, 3.63) is 60.8 Å². The van der Waals surface area contributed by atoms with Gasteiger partial charge in [0.15, 0.2) is 6.10 Å². The quantitative estimate of drug-likeness (QED) is 0.0262. The van der Waals surface area contributed by atoms with Gasteiger partial charge in [-0.2, -0.15) is 0 Å². The molecule has 0 saturated carbocycles. The molecular formula is C60H106O6. The minimum Gasteiger partial charge on any atom is -0.462 e. The molecule has 0 spiro atoms. The van der Waals surface area contributed by atoms with Crippen LogP contribution in [0, 0.1) is 0 Å². The Morgan fingerprint density at radius 2 is 0.591 bits per heavy atom. The second-order valence-electron chi connectivity index (χ2n) is 18.8. The second kappa shape index (κ2) is 54.7. The fourth-order valence-electron chi connectivity index (χ4n) is 8.02. The number of rotatable bonds is 51. The number of unbranched alkanes of at least 4 members (excludes halogenated alkanes) is 30. The van der Waals surface area contributed by atoms with Gasteiger partial charge in [-0.25, -0.2) is 0 Å². The molecule has 6 heteroatoms.